The van der Waals surface area contributed by atoms with E-state index in [1.165, 1.54) is 17.5 Å². The number of aromatic nitrogens is 2. The van der Waals surface area contributed by atoms with Gasteiger partial charge < -0.3 is 4.74 Å². The molecule has 6 nitrogen and oxygen atoms in total. The number of carbonyl (C=O) groups is 3. The van der Waals surface area contributed by atoms with Gasteiger partial charge in [0.05, 0.1) is 34.1 Å². The highest BCUT2D eigenvalue weighted by atomic mass is 16.5. The molecule has 14 rings (SSSR count). The summed E-state index contributed by atoms with van der Waals surface area (Å²) in [6.07, 6.45) is 6.24. The Bertz CT molecular complexity index is 2290. The van der Waals surface area contributed by atoms with Crippen LogP contribution in [0, 0.1) is 71.0 Å². The largest absolute Gasteiger partial charge is 0.374 e. The Morgan fingerprint density at radius 1 is 0.612 bits per heavy atom. The first kappa shape index (κ1) is 25.9. The monoisotopic (exact) mass is 642 g/mol. The maximum Gasteiger partial charge on any atom is 0.190 e. The van der Waals surface area contributed by atoms with Gasteiger partial charge in [0.2, 0.25) is 0 Å². The van der Waals surface area contributed by atoms with Gasteiger partial charge >= 0.3 is 0 Å². The zero-order valence-corrected chi connectivity index (χ0v) is 27.3. The first-order valence-electron chi connectivity index (χ1n) is 18.7. The second-order valence-corrected chi connectivity index (χ2v) is 17.9. The minimum Gasteiger partial charge on any atom is -0.374 e. The summed E-state index contributed by atoms with van der Waals surface area (Å²) >= 11 is 0. The second-order valence-electron chi connectivity index (χ2n) is 17.9. The van der Waals surface area contributed by atoms with E-state index in [4.69, 9.17) is 14.7 Å². The quantitative estimate of drug-likeness (QED) is 0.127. The summed E-state index contributed by atoms with van der Waals surface area (Å²) in [5, 5.41) is 2.22. The second kappa shape index (κ2) is 7.51. The van der Waals surface area contributed by atoms with Gasteiger partial charge in [-0.2, -0.15) is 0 Å². The highest BCUT2D eigenvalue weighted by Crippen LogP contribution is 2.85. The first-order valence-corrected chi connectivity index (χ1v) is 18.7. The number of nitrogens with zero attached hydrogens (tertiary/aromatic N) is 2. The SMILES string of the molecule is C[C@]12C(=O)[C@](C)(c3c1c1cccnc1c1ncccc31)[C@H]1[C@H]3[C@H]4C[C@H]([C@@H]5[C@@H]6O[C@@H]([C@@H]7[C@H]6[C@@H]6C[C@H]7C7=C6C(=O)c6ccccc6C7=O)[C@H]45)[C@H]3[C@H]12. The third-order valence-corrected chi connectivity index (χ3v) is 17.2. The van der Waals surface area contributed by atoms with Crippen molar-refractivity contribution >= 4 is 39.2 Å². The van der Waals surface area contributed by atoms with Crippen molar-refractivity contribution in [1.82, 2.24) is 9.97 Å². The number of hydrogen-bond donors (Lipinski definition) is 0. The summed E-state index contributed by atoms with van der Waals surface area (Å²) in [4.78, 5) is 52.7. The van der Waals surface area contributed by atoms with Gasteiger partial charge in [-0.3, -0.25) is 24.4 Å². The molecule has 6 heteroatoms. The highest BCUT2D eigenvalue weighted by molar-refractivity contribution is 6.28. The maximum atomic E-state index is 15.1. The lowest BCUT2D eigenvalue weighted by Crippen LogP contribution is -2.63. The Morgan fingerprint density at radius 3 is 1.59 bits per heavy atom. The molecule has 2 aromatic carbocycles. The Morgan fingerprint density at radius 2 is 1.10 bits per heavy atom. The summed E-state index contributed by atoms with van der Waals surface area (Å²) < 4.78 is 7.15. The van der Waals surface area contributed by atoms with Crippen LogP contribution in [0.4, 0.5) is 0 Å². The molecule has 0 radical (unpaired) electrons. The van der Waals surface area contributed by atoms with Gasteiger partial charge in [-0.1, -0.05) is 36.4 Å². The van der Waals surface area contributed by atoms with E-state index in [0.29, 0.717) is 76.1 Å². The lowest BCUT2D eigenvalue weighted by molar-refractivity contribution is -0.131. The van der Waals surface area contributed by atoms with E-state index in [0.717, 1.165) is 39.4 Å². The van der Waals surface area contributed by atoms with Gasteiger partial charge in [0.15, 0.2) is 17.3 Å². The third-order valence-electron chi connectivity index (χ3n) is 17.2. The molecule has 8 bridgehead atoms. The smallest absolute Gasteiger partial charge is 0.190 e. The van der Waals surface area contributed by atoms with E-state index >= 15 is 4.79 Å². The summed E-state index contributed by atoms with van der Waals surface area (Å²) in [6.45, 7) is 4.58. The first-order chi connectivity index (χ1) is 23.9. The van der Waals surface area contributed by atoms with E-state index in [1.54, 1.807) is 0 Å². The van der Waals surface area contributed by atoms with E-state index in [9.17, 15) is 9.59 Å². The number of ketones is 3. The van der Waals surface area contributed by atoms with Crippen molar-refractivity contribution in [2.45, 2.75) is 49.7 Å². The molecule has 16 atom stereocenters. The summed E-state index contributed by atoms with van der Waals surface area (Å²) in [7, 11) is 0. The molecule has 8 aliphatic carbocycles. The molecule has 2 aliphatic heterocycles. The molecule has 49 heavy (non-hydrogen) atoms. The molecule has 2 saturated heterocycles. The Kier molecular flexibility index (Phi) is 3.97. The number of pyridine rings is 2. The van der Waals surface area contributed by atoms with Crippen molar-refractivity contribution in [3.8, 4) is 0 Å². The molecule has 0 spiro atoms. The number of fused-ring (bicyclic) bond motifs is 37. The fourth-order valence-electron chi connectivity index (χ4n) is 16.5. The lowest BCUT2D eigenvalue weighted by Gasteiger charge is -2.63. The van der Waals surface area contributed by atoms with E-state index in [2.05, 4.69) is 26.0 Å². The van der Waals surface area contributed by atoms with Crippen LogP contribution in [0.2, 0.25) is 0 Å². The highest BCUT2D eigenvalue weighted by Gasteiger charge is 2.86. The number of hydrogen-bond acceptors (Lipinski definition) is 6. The van der Waals surface area contributed by atoms with Crippen LogP contribution in [0.25, 0.3) is 21.8 Å². The van der Waals surface area contributed by atoms with Crippen LogP contribution in [-0.4, -0.2) is 39.5 Å². The fourth-order valence-corrected chi connectivity index (χ4v) is 16.5. The van der Waals surface area contributed by atoms with Crippen LogP contribution >= 0.6 is 0 Å². The molecular weight excluding hydrogens is 608 g/mol. The van der Waals surface area contributed by atoms with Gasteiger partial charge in [0.25, 0.3) is 0 Å². The topological polar surface area (TPSA) is 86.2 Å². The van der Waals surface area contributed by atoms with E-state index < -0.39 is 10.8 Å². The molecule has 2 aromatic heterocycles. The van der Waals surface area contributed by atoms with Crippen molar-refractivity contribution in [2.75, 3.05) is 0 Å². The molecule has 10 aliphatic rings. The summed E-state index contributed by atoms with van der Waals surface area (Å²) in [5.41, 5.74) is 6.10. The van der Waals surface area contributed by atoms with Gasteiger partial charge in [0, 0.05) is 45.4 Å². The number of benzene rings is 2. The van der Waals surface area contributed by atoms with Crippen molar-refractivity contribution in [3.63, 3.8) is 0 Å². The molecular formula is C43H34N2O4. The number of Topliss-reactive ketones (excluding diaryl/α,β-unsaturated/α-hetero) is 3. The predicted octanol–water partition coefficient (Wildman–Crippen LogP) is 6.29. The average Bonchev–Trinajstić information content (AvgIpc) is 3.97. The molecule has 5 saturated carbocycles. The van der Waals surface area contributed by atoms with E-state index in [1.807, 2.05) is 48.8 Å². The molecule has 4 aromatic rings. The van der Waals surface area contributed by atoms with Gasteiger partial charge in [-0.25, -0.2) is 0 Å². The molecule has 240 valence electrons. The Labute approximate surface area is 282 Å². The van der Waals surface area contributed by atoms with Crippen LogP contribution < -0.4 is 0 Å². The number of carbonyl (C=O) groups excluding carboxylic acids is 3. The van der Waals surface area contributed by atoms with Crippen LogP contribution in [0.1, 0.15) is 58.5 Å². The van der Waals surface area contributed by atoms with Crippen molar-refractivity contribution in [3.05, 3.63) is 94.3 Å². The van der Waals surface area contributed by atoms with E-state index in [-0.39, 0.29) is 35.6 Å². The molecule has 7 fully saturated rings. The average molecular weight is 643 g/mol. The minimum absolute atomic E-state index is 0.0927. The van der Waals surface area contributed by atoms with Crippen LogP contribution in [0.15, 0.2) is 72.1 Å². The molecule has 0 unspecified atom stereocenters. The lowest BCUT2D eigenvalue weighted by atomic mass is 9.39. The third kappa shape index (κ3) is 2.26. The molecule has 4 heterocycles. The Hall–Kier alpha value is -4.03. The number of rotatable bonds is 0. The standard InChI is InChI=1S/C43H34N2O4/c1-42-31-17-9-5-11-44-35(17)36-18(10-6-12-45-36)32(31)43(2,41(42)48)34-24-20-13-19(23(24)33(34)42)27-28(20)40-30-22-14-21(29(30)39(27)49-40)25-26(22)38(47)16-8-4-3-7-15(16)37(25)46/h3-12,19-24,27-30,33-34,39-40H,13-14H2,1-2H3/t19-,20+,21+,22-,23+,24-,27-,28+,29+,30-,33+,34-,39-,40+,42-,43+. The Balaban J connectivity index is 0.902. The number of ether oxygens (including phenoxy) is 1. The van der Waals surface area contributed by atoms with Crippen LogP contribution in [0.5, 0.6) is 0 Å². The molecule has 0 N–H and O–H groups in total. The number of allylic oxidation sites excluding steroid dienone is 2. The van der Waals surface area contributed by atoms with Crippen LogP contribution in [-0.2, 0) is 20.4 Å². The zero-order valence-electron chi connectivity index (χ0n) is 27.3. The van der Waals surface area contributed by atoms with Crippen molar-refractivity contribution in [1.29, 1.82) is 0 Å². The maximum absolute atomic E-state index is 15.1. The van der Waals surface area contributed by atoms with Crippen molar-refractivity contribution < 1.29 is 19.1 Å². The van der Waals surface area contributed by atoms with Crippen LogP contribution in [0.3, 0.4) is 0 Å². The fraction of sp³-hybridized carbons (Fsp3) is 0.465. The normalized spacial score (nSPS) is 49.0. The summed E-state index contributed by atoms with van der Waals surface area (Å²) in [5.74, 6) is 5.49. The zero-order chi connectivity index (χ0) is 32.2. The summed E-state index contributed by atoms with van der Waals surface area (Å²) in [6, 6.07) is 15.8. The van der Waals surface area contributed by atoms with Gasteiger partial charge in [0.1, 0.15) is 0 Å². The van der Waals surface area contributed by atoms with Crippen molar-refractivity contribution in [2.24, 2.45) is 71.0 Å². The predicted molar refractivity (Wildman–Crippen MR) is 179 cm³/mol. The van der Waals surface area contributed by atoms with Gasteiger partial charge in [-0.15, -0.1) is 0 Å². The molecule has 0 amide bonds. The van der Waals surface area contributed by atoms with Gasteiger partial charge in [-0.05, 0) is 121 Å². The minimum atomic E-state index is -0.531.